The molecule has 8 heteroatoms. The zero-order valence-electron chi connectivity index (χ0n) is 14.8. The average Bonchev–Trinajstić information content (AvgIpc) is 2.98. The van der Waals surface area contributed by atoms with Crippen molar-refractivity contribution in [3.63, 3.8) is 0 Å². The molecule has 27 heavy (non-hydrogen) atoms. The molecule has 2 aliphatic heterocycles. The van der Waals surface area contributed by atoms with Crippen LogP contribution in [-0.2, 0) is 9.59 Å². The number of anilines is 1. The van der Waals surface area contributed by atoms with Crippen LogP contribution in [0.3, 0.4) is 0 Å². The van der Waals surface area contributed by atoms with Gasteiger partial charge in [-0.2, -0.15) is 0 Å². The molecule has 140 valence electrons. The number of hydrogen-bond acceptors (Lipinski definition) is 6. The molecular weight excluding hydrogens is 366 g/mol. The number of carbonyl (C=O) groups is 2. The summed E-state index contributed by atoms with van der Waals surface area (Å²) in [6.45, 7) is 3.37. The van der Waals surface area contributed by atoms with Gasteiger partial charge in [-0.05, 0) is 23.8 Å². The Bertz CT molecular complexity index is 822. The highest BCUT2D eigenvalue weighted by Gasteiger charge is 2.40. The van der Waals surface area contributed by atoms with E-state index in [4.69, 9.17) is 11.6 Å². The van der Waals surface area contributed by atoms with Crippen LogP contribution in [0.15, 0.2) is 42.7 Å². The van der Waals surface area contributed by atoms with Gasteiger partial charge in [0, 0.05) is 50.0 Å². The molecule has 0 N–H and O–H groups in total. The monoisotopic (exact) mass is 385 g/mol. The molecule has 7 nitrogen and oxygen atoms in total. The number of likely N-dealkylation sites (tertiary alicyclic amines) is 1. The quantitative estimate of drug-likeness (QED) is 0.747. The number of imide groups is 1. The predicted octanol–water partition coefficient (Wildman–Crippen LogP) is 1.75. The molecular formula is C19H20ClN5O2. The van der Waals surface area contributed by atoms with E-state index in [1.54, 1.807) is 30.6 Å². The minimum Gasteiger partial charge on any atom is -0.338 e. The maximum absolute atomic E-state index is 12.8. The van der Waals surface area contributed by atoms with E-state index in [9.17, 15) is 9.59 Å². The van der Waals surface area contributed by atoms with E-state index in [1.165, 1.54) is 4.90 Å². The average molecular weight is 386 g/mol. The fourth-order valence-corrected chi connectivity index (χ4v) is 3.66. The lowest BCUT2D eigenvalue weighted by molar-refractivity contribution is -0.141. The van der Waals surface area contributed by atoms with Crippen LogP contribution in [0.4, 0.5) is 5.95 Å². The van der Waals surface area contributed by atoms with Crippen molar-refractivity contribution < 1.29 is 9.59 Å². The summed E-state index contributed by atoms with van der Waals surface area (Å²) in [6, 6.07) is 8.94. The van der Waals surface area contributed by atoms with Crippen molar-refractivity contribution in [2.45, 2.75) is 12.3 Å². The van der Waals surface area contributed by atoms with Gasteiger partial charge < -0.3 is 4.90 Å². The Balaban J connectivity index is 1.36. The molecule has 1 unspecified atom stereocenters. The van der Waals surface area contributed by atoms with Crippen LogP contribution in [0.1, 0.15) is 17.9 Å². The van der Waals surface area contributed by atoms with Crippen molar-refractivity contribution in [2.24, 2.45) is 0 Å². The second-order valence-electron chi connectivity index (χ2n) is 6.76. The second-order valence-corrected chi connectivity index (χ2v) is 7.20. The number of halogens is 1. The van der Waals surface area contributed by atoms with Gasteiger partial charge in [0.15, 0.2) is 0 Å². The normalized spacial score (nSPS) is 21.1. The molecule has 1 atom stereocenters. The van der Waals surface area contributed by atoms with Gasteiger partial charge in [0.2, 0.25) is 17.8 Å². The number of carbonyl (C=O) groups excluding carboxylic acids is 2. The number of hydrogen-bond donors (Lipinski definition) is 0. The molecule has 2 aromatic rings. The van der Waals surface area contributed by atoms with E-state index < -0.39 is 5.92 Å². The number of benzene rings is 1. The van der Waals surface area contributed by atoms with Crippen LogP contribution in [0, 0.1) is 0 Å². The fourth-order valence-electron chi connectivity index (χ4n) is 3.53. The Labute approximate surface area is 162 Å². The number of rotatable bonds is 4. The molecule has 1 aromatic heterocycles. The van der Waals surface area contributed by atoms with Gasteiger partial charge >= 0.3 is 0 Å². The van der Waals surface area contributed by atoms with Gasteiger partial charge in [-0.25, -0.2) is 9.97 Å². The Morgan fingerprint density at radius 3 is 2.33 bits per heavy atom. The number of amides is 2. The topological polar surface area (TPSA) is 69.6 Å². The summed E-state index contributed by atoms with van der Waals surface area (Å²) in [5.41, 5.74) is 0.839. The van der Waals surface area contributed by atoms with E-state index in [-0.39, 0.29) is 18.2 Å². The summed E-state index contributed by atoms with van der Waals surface area (Å²) in [7, 11) is 0. The molecule has 0 radical (unpaired) electrons. The largest absolute Gasteiger partial charge is 0.338 e. The second kappa shape index (κ2) is 7.62. The van der Waals surface area contributed by atoms with Crippen molar-refractivity contribution >= 4 is 29.4 Å². The Hall–Kier alpha value is -2.51. The minimum atomic E-state index is -0.409. The highest BCUT2D eigenvalue weighted by molar-refractivity contribution is 6.30. The fraction of sp³-hybridized carbons (Fsp3) is 0.368. The number of nitrogens with zero attached hydrogens (tertiary/aromatic N) is 5. The van der Waals surface area contributed by atoms with Crippen molar-refractivity contribution in [1.29, 1.82) is 0 Å². The van der Waals surface area contributed by atoms with Gasteiger partial charge in [0.25, 0.3) is 0 Å². The van der Waals surface area contributed by atoms with E-state index in [0.29, 0.717) is 17.6 Å². The third-order valence-corrected chi connectivity index (χ3v) is 5.32. The molecule has 2 aliphatic rings. The molecule has 3 heterocycles. The molecule has 0 bridgehead atoms. The van der Waals surface area contributed by atoms with Crippen LogP contribution in [0.2, 0.25) is 5.02 Å². The van der Waals surface area contributed by atoms with Gasteiger partial charge in [-0.15, -0.1) is 0 Å². The molecule has 2 fully saturated rings. The van der Waals surface area contributed by atoms with Gasteiger partial charge in [0.1, 0.15) is 0 Å². The SMILES string of the molecule is O=C1CC(c2ccc(Cl)cc2)C(=O)N1CN1CCN(c2ncccn2)CC1. The van der Waals surface area contributed by atoms with Crippen LogP contribution < -0.4 is 4.90 Å². The summed E-state index contributed by atoms with van der Waals surface area (Å²) >= 11 is 5.92. The molecule has 4 rings (SSSR count). The predicted molar refractivity (Wildman–Crippen MR) is 101 cm³/mol. The summed E-state index contributed by atoms with van der Waals surface area (Å²) < 4.78 is 0. The van der Waals surface area contributed by atoms with Crippen molar-refractivity contribution in [3.8, 4) is 0 Å². The molecule has 0 spiro atoms. The lowest BCUT2D eigenvalue weighted by atomic mass is 9.98. The summed E-state index contributed by atoms with van der Waals surface area (Å²) in [6.07, 6.45) is 3.68. The number of piperazine rings is 1. The Kier molecular flexibility index (Phi) is 5.05. The maximum atomic E-state index is 12.8. The molecule has 0 saturated carbocycles. The van der Waals surface area contributed by atoms with E-state index >= 15 is 0 Å². The summed E-state index contributed by atoms with van der Waals surface area (Å²) in [5.74, 6) is 0.0620. The van der Waals surface area contributed by atoms with Crippen molar-refractivity contribution in [2.75, 3.05) is 37.7 Å². The molecule has 0 aliphatic carbocycles. The summed E-state index contributed by atoms with van der Waals surface area (Å²) in [4.78, 5) is 39.4. The Morgan fingerprint density at radius 1 is 1.00 bits per heavy atom. The zero-order valence-corrected chi connectivity index (χ0v) is 15.5. The Morgan fingerprint density at radius 2 is 1.67 bits per heavy atom. The van der Waals surface area contributed by atoms with E-state index in [0.717, 1.165) is 31.7 Å². The van der Waals surface area contributed by atoms with Gasteiger partial charge in [-0.3, -0.25) is 19.4 Å². The standard InChI is InChI=1S/C19H20ClN5O2/c20-15-4-2-14(3-5-15)16-12-17(26)25(18(16)27)13-23-8-10-24(11-9-23)19-21-6-1-7-22-19/h1-7,16H,8-13H2. The third kappa shape index (κ3) is 3.79. The molecule has 2 amide bonds. The van der Waals surface area contributed by atoms with E-state index in [2.05, 4.69) is 19.8 Å². The molecule has 2 saturated heterocycles. The zero-order chi connectivity index (χ0) is 18.8. The first-order valence-electron chi connectivity index (χ1n) is 8.96. The lowest BCUT2D eigenvalue weighted by Gasteiger charge is -2.36. The third-order valence-electron chi connectivity index (χ3n) is 5.06. The highest BCUT2D eigenvalue weighted by atomic mass is 35.5. The smallest absolute Gasteiger partial charge is 0.238 e. The first kappa shape index (κ1) is 17.9. The van der Waals surface area contributed by atoms with Crippen molar-refractivity contribution in [3.05, 3.63) is 53.3 Å². The van der Waals surface area contributed by atoms with Crippen LogP contribution >= 0.6 is 11.6 Å². The lowest BCUT2D eigenvalue weighted by Crippen LogP contribution is -2.51. The van der Waals surface area contributed by atoms with Gasteiger partial charge in [-0.1, -0.05) is 23.7 Å². The van der Waals surface area contributed by atoms with Gasteiger partial charge in [0.05, 0.1) is 12.6 Å². The first-order valence-corrected chi connectivity index (χ1v) is 9.33. The minimum absolute atomic E-state index is 0.117. The number of aromatic nitrogens is 2. The van der Waals surface area contributed by atoms with Crippen LogP contribution in [0.25, 0.3) is 0 Å². The first-order chi connectivity index (χ1) is 13.1. The summed E-state index contributed by atoms with van der Waals surface area (Å²) in [5, 5.41) is 0.618. The van der Waals surface area contributed by atoms with Crippen LogP contribution in [-0.4, -0.2) is 64.4 Å². The highest BCUT2D eigenvalue weighted by Crippen LogP contribution is 2.30. The molecule has 1 aromatic carbocycles. The van der Waals surface area contributed by atoms with Crippen molar-refractivity contribution in [1.82, 2.24) is 19.8 Å². The van der Waals surface area contributed by atoms with Crippen LogP contribution in [0.5, 0.6) is 0 Å². The maximum Gasteiger partial charge on any atom is 0.238 e. The van der Waals surface area contributed by atoms with E-state index in [1.807, 2.05) is 12.1 Å².